The Bertz CT molecular complexity index is 850. The monoisotopic (exact) mass is 425 g/mol. The molecule has 0 unspecified atom stereocenters. The molecule has 31 heavy (non-hydrogen) atoms. The minimum Gasteiger partial charge on any atom is -0.497 e. The summed E-state index contributed by atoms with van der Waals surface area (Å²) >= 11 is 0. The maximum Gasteiger partial charge on any atom is 0.225 e. The number of hydrogen-bond donors (Lipinski definition) is 1. The highest BCUT2D eigenvalue weighted by atomic mass is 16.5. The van der Waals surface area contributed by atoms with Crippen LogP contribution in [-0.2, 0) is 11.3 Å². The van der Waals surface area contributed by atoms with Crippen LogP contribution >= 0.6 is 0 Å². The summed E-state index contributed by atoms with van der Waals surface area (Å²) < 4.78 is 5.20. The number of carbonyl (C=O) groups is 1. The molecule has 0 aliphatic carbocycles. The van der Waals surface area contributed by atoms with Crippen molar-refractivity contribution in [1.82, 2.24) is 25.1 Å². The lowest BCUT2D eigenvalue weighted by molar-refractivity contribution is -0.131. The molecule has 1 fully saturated rings. The third-order valence-electron chi connectivity index (χ3n) is 5.24. The van der Waals surface area contributed by atoms with Gasteiger partial charge in [-0.05, 0) is 23.8 Å². The van der Waals surface area contributed by atoms with Gasteiger partial charge < -0.3 is 24.8 Å². The quantitative estimate of drug-likeness (QED) is 0.527. The van der Waals surface area contributed by atoms with Gasteiger partial charge in [-0.2, -0.15) is 0 Å². The number of aromatic nitrogens is 2. The molecule has 1 amide bonds. The van der Waals surface area contributed by atoms with Gasteiger partial charge in [-0.1, -0.05) is 12.1 Å². The van der Waals surface area contributed by atoms with Gasteiger partial charge in [0.2, 0.25) is 11.9 Å². The first-order chi connectivity index (χ1) is 15.1. The van der Waals surface area contributed by atoms with E-state index in [0.717, 1.165) is 36.3 Å². The number of hydrogen-bond acceptors (Lipinski definition) is 6. The van der Waals surface area contributed by atoms with E-state index >= 15 is 0 Å². The number of carbonyl (C=O) groups excluding carboxylic acids is 1. The second kappa shape index (κ2) is 11.1. The van der Waals surface area contributed by atoms with Crippen molar-refractivity contribution < 1.29 is 9.53 Å². The van der Waals surface area contributed by atoms with Crippen molar-refractivity contribution in [2.24, 2.45) is 4.99 Å². The second-order valence-corrected chi connectivity index (χ2v) is 7.34. The van der Waals surface area contributed by atoms with E-state index in [1.807, 2.05) is 41.1 Å². The van der Waals surface area contributed by atoms with Crippen molar-refractivity contribution in [3.8, 4) is 5.75 Å². The molecule has 0 radical (unpaired) electrons. The maximum absolute atomic E-state index is 12.6. The fourth-order valence-electron chi connectivity index (χ4n) is 3.51. The minimum atomic E-state index is 0.148. The van der Waals surface area contributed by atoms with Gasteiger partial charge in [-0.25, -0.2) is 9.97 Å². The largest absolute Gasteiger partial charge is 0.497 e. The molecule has 3 rings (SSSR count). The lowest BCUT2D eigenvalue weighted by Crippen LogP contribution is -2.50. The van der Waals surface area contributed by atoms with Crippen LogP contribution in [-0.4, -0.2) is 85.6 Å². The van der Waals surface area contributed by atoms with Crippen molar-refractivity contribution in [2.45, 2.75) is 13.0 Å². The van der Waals surface area contributed by atoms with E-state index in [-0.39, 0.29) is 5.91 Å². The van der Waals surface area contributed by atoms with E-state index in [9.17, 15) is 4.79 Å². The average molecular weight is 426 g/mol. The number of piperazine rings is 1. The van der Waals surface area contributed by atoms with Crippen LogP contribution in [0.5, 0.6) is 5.75 Å². The normalized spacial score (nSPS) is 14.4. The molecule has 1 aromatic heterocycles. The Labute approximate surface area is 183 Å². The van der Waals surface area contributed by atoms with E-state index in [4.69, 9.17) is 4.74 Å². The van der Waals surface area contributed by atoms with Gasteiger partial charge in [0, 0.05) is 72.2 Å². The Balaban J connectivity index is 1.40. The standard InChI is InChI=1S/C22H31N7O2/c1-23-21(27(2)17-18-5-7-19(31-3)8-6-18)26-12-9-20(30)28-13-15-29(16-14-28)22-24-10-4-11-25-22/h4-8,10-11H,9,12-17H2,1-3H3,(H,23,26). The van der Waals surface area contributed by atoms with Gasteiger partial charge in [0.15, 0.2) is 5.96 Å². The summed E-state index contributed by atoms with van der Waals surface area (Å²) in [6.45, 7) is 4.11. The zero-order valence-corrected chi connectivity index (χ0v) is 18.5. The highest BCUT2D eigenvalue weighted by molar-refractivity contribution is 5.81. The minimum absolute atomic E-state index is 0.148. The van der Waals surface area contributed by atoms with Crippen LogP contribution in [0.3, 0.4) is 0 Å². The van der Waals surface area contributed by atoms with Gasteiger partial charge in [0.05, 0.1) is 7.11 Å². The smallest absolute Gasteiger partial charge is 0.225 e. The van der Waals surface area contributed by atoms with Crippen LogP contribution in [0.1, 0.15) is 12.0 Å². The third kappa shape index (κ3) is 6.31. The first-order valence-corrected chi connectivity index (χ1v) is 10.4. The number of nitrogens with one attached hydrogen (secondary N) is 1. The molecule has 1 aromatic carbocycles. The summed E-state index contributed by atoms with van der Waals surface area (Å²) in [6.07, 6.45) is 3.91. The molecule has 1 saturated heterocycles. The highest BCUT2D eigenvalue weighted by Crippen LogP contribution is 2.13. The van der Waals surface area contributed by atoms with Crippen molar-refractivity contribution in [3.63, 3.8) is 0 Å². The first kappa shape index (κ1) is 22.3. The van der Waals surface area contributed by atoms with Gasteiger partial charge in [-0.3, -0.25) is 9.79 Å². The Morgan fingerprint density at radius 2 is 1.84 bits per heavy atom. The molecule has 1 N–H and O–H groups in total. The van der Waals surface area contributed by atoms with Crippen molar-refractivity contribution >= 4 is 17.8 Å². The van der Waals surface area contributed by atoms with Crippen LogP contribution < -0.4 is 15.0 Å². The molecular formula is C22H31N7O2. The van der Waals surface area contributed by atoms with Crippen molar-refractivity contribution in [3.05, 3.63) is 48.3 Å². The van der Waals surface area contributed by atoms with Crippen LogP contribution in [0, 0.1) is 0 Å². The van der Waals surface area contributed by atoms with Crippen LogP contribution in [0.2, 0.25) is 0 Å². The Morgan fingerprint density at radius 3 is 2.45 bits per heavy atom. The SMILES string of the molecule is CN=C(NCCC(=O)N1CCN(c2ncccn2)CC1)N(C)Cc1ccc(OC)cc1. The molecule has 1 aliphatic rings. The lowest BCUT2D eigenvalue weighted by Gasteiger charge is -2.34. The summed E-state index contributed by atoms with van der Waals surface area (Å²) in [5.74, 6) is 2.47. The molecule has 0 atom stereocenters. The summed E-state index contributed by atoms with van der Waals surface area (Å²) in [5.41, 5.74) is 1.16. The Kier molecular flexibility index (Phi) is 8.03. The lowest BCUT2D eigenvalue weighted by atomic mass is 10.2. The summed E-state index contributed by atoms with van der Waals surface area (Å²) in [4.78, 5) is 31.6. The fraction of sp³-hybridized carbons (Fsp3) is 0.455. The van der Waals surface area contributed by atoms with Gasteiger partial charge in [-0.15, -0.1) is 0 Å². The number of rotatable bonds is 7. The van der Waals surface area contributed by atoms with Crippen LogP contribution in [0.25, 0.3) is 0 Å². The Hall–Kier alpha value is -3.36. The van der Waals surface area contributed by atoms with Gasteiger partial charge in [0.1, 0.15) is 5.75 Å². The van der Waals surface area contributed by atoms with Crippen LogP contribution in [0.15, 0.2) is 47.7 Å². The molecular weight excluding hydrogens is 394 g/mol. The zero-order chi connectivity index (χ0) is 22.1. The van der Waals surface area contributed by atoms with E-state index in [0.29, 0.717) is 32.6 Å². The summed E-state index contributed by atoms with van der Waals surface area (Å²) in [5, 5.41) is 3.29. The second-order valence-electron chi connectivity index (χ2n) is 7.34. The molecule has 1 aliphatic heterocycles. The molecule has 9 nitrogen and oxygen atoms in total. The molecule has 0 bridgehead atoms. The molecule has 2 aromatic rings. The number of amides is 1. The van der Waals surface area contributed by atoms with E-state index < -0.39 is 0 Å². The number of ether oxygens (including phenoxy) is 1. The van der Waals surface area contributed by atoms with E-state index in [2.05, 4.69) is 25.2 Å². The topological polar surface area (TPSA) is 86.2 Å². The number of benzene rings is 1. The van der Waals surface area contributed by atoms with Crippen molar-refractivity contribution in [1.29, 1.82) is 0 Å². The molecule has 9 heteroatoms. The molecule has 2 heterocycles. The fourth-order valence-corrected chi connectivity index (χ4v) is 3.51. The summed E-state index contributed by atoms with van der Waals surface area (Å²) in [7, 11) is 5.39. The number of nitrogens with zero attached hydrogens (tertiary/aromatic N) is 6. The number of anilines is 1. The molecule has 166 valence electrons. The van der Waals surface area contributed by atoms with E-state index in [1.165, 1.54) is 0 Å². The summed E-state index contributed by atoms with van der Waals surface area (Å²) in [6, 6.07) is 9.76. The molecule has 0 spiro atoms. The Morgan fingerprint density at radius 1 is 1.16 bits per heavy atom. The van der Waals surface area contributed by atoms with Crippen LogP contribution in [0.4, 0.5) is 5.95 Å². The third-order valence-corrected chi connectivity index (χ3v) is 5.24. The van der Waals surface area contributed by atoms with Gasteiger partial charge in [0.25, 0.3) is 0 Å². The zero-order valence-electron chi connectivity index (χ0n) is 18.5. The highest BCUT2D eigenvalue weighted by Gasteiger charge is 2.22. The first-order valence-electron chi connectivity index (χ1n) is 10.4. The predicted molar refractivity (Wildman–Crippen MR) is 121 cm³/mol. The molecule has 0 saturated carbocycles. The van der Waals surface area contributed by atoms with Gasteiger partial charge >= 0.3 is 0 Å². The van der Waals surface area contributed by atoms with E-state index in [1.54, 1.807) is 32.6 Å². The van der Waals surface area contributed by atoms with Crippen molar-refractivity contribution in [2.75, 3.05) is 58.8 Å². The maximum atomic E-state index is 12.6. The number of methoxy groups -OCH3 is 1. The number of aliphatic imine (C=N–C) groups is 1. The predicted octanol–water partition coefficient (Wildman–Crippen LogP) is 1.23. The average Bonchev–Trinajstić information content (AvgIpc) is 2.82. The number of guanidine groups is 1.